The highest BCUT2D eigenvalue weighted by atomic mass is 16.7. The zero-order valence-electron chi connectivity index (χ0n) is 31.0. The zero-order valence-corrected chi connectivity index (χ0v) is 31.0. The lowest BCUT2D eigenvalue weighted by Gasteiger charge is -2.50. The number of hydrogen-bond donors (Lipinski definition) is 10. The standard InChI is InChI=1S/C37H60O18/c1-49-24-10-16(2-8-21(24)41)3-9-28(42)50-15-27-30(44)32(46)34(48)36(55-27)52-23-12-19(40)11-22-20(23)13-25(35(51-22)17-4-6-18(39)7-5-17)53-37-33(47)31(45)29(43)26(14-38)54-37/h3,9,16-27,29-41,43-48H,2,4-8,10-15H2,1H3/p+1. The summed E-state index contributed by atoms with van der Waals surface area (Å²) in [5.41, 5.74) is 0. The van der Waals surface area contributed by atoms with Gasteiger partial charge in [-0.1, -0.05) is 6.08 Å². The number of fused-ring (bicyclic) bond motifs is 1. The van der Waals surface area contributed by atoms with Crippen LogP contribution in [-0.2, 0) is 33.2 Å². The van der Waals surface area contributed by atoms with Crippen molar-refractivity contribution in [2.24, 2.45) is 17.8 Å². The van der Waals surface area contributed by atoms with Crippen molar-refractivity contribution in [1.29, 1.82) is 0 Å². The van der Waals surface area contributed by atoms with Crippen LogP contribution in [0.1, 0.15) is 64.2 Å². The molecule has 3 saturated heterocycles. The second kappa shape index (κ2) is 19.1. The molecule has 19 unspecified atom stereocenters. The number of esters is 1. The van der Waals surface area contributed by atoms with Gasteiger partial charge in [-0.25, -0.2) is 4.79 Å². The Morgan fingerprint density at radius 3 is 1.98 bits per heavy atom. The lowest BCUT2D eigenvalue weighted by atomic mass is 9.73. The summed E-state index contributed by atoms with van der Waals surface area (Å²) >= 11 is 0. The molecule has 0 spiro atoms. The molecule has 6 rings (SSSR count). The van der Waals surface area contributed by atoms with Crippen LogP contribution < -0.4 is 0 Å². The first kappa shape index (κ1) is 43.2. The third-order valence-electron chi connectivity index (χ3n) is 12.6. The van der Waals surface area contributed by atoms with Crippen molar-refractivity contribution in [2.75, 3.05) is 20.3 Å². The van der Waals surface area contributed by atoms with E-state index in [1.807, 2.05) is 0 Å². The number of hydrogen-bond acceptors (Lipinski definition) is 17. The molecule has 3 aliphatic heterocycles. The van der Waals surface area contributed by atoms with Gasteiger partial charge in [0.05, 0.1) is 43.0 Å². The van der Waals surface area contributed by atoms with Gasteiger partial charge in [0.25, 0.3) is 0 Å². The van der Waals surface area contributed by atoms with Gasteiger partial charge in [-0.05, 0) is 57.3 Å². The van der Waals surface area contributed by atoms with E-state index >= 15 is 0 Å². The molecule has 3 heterocycles. The highest BCUT2D eigenvalue weighted by Crippen LogP contribution is 2.44. The highest BCUT2D eigenvalue weighted by molar-refractivity contribution is 5.81. The smallest absolute Gasteiger partial charge is 0.330 e. The molecule has 0 aromatic rings. The molecule has 0 radical (unpaired) electrons. The second-order valence-electron chi connectivity index (χ2n) is 16.3. The van der Waals surface area contributed by atoms with Gasteiger partial charge >= 0.3 is 5.97 Å². The first-order valence-electron chi connectivity index (χ1n) is 19.7. The van der Waals surface area contributed by atoms with Gasteiger partial charge in [0.15, 0.2) is 24.8 Å². The number of carbonyl (C=O) groups excluding carboxylic acids is 1. The molecule has 3 saturated carbocycles. The van der Waals surface area contributed by atoms with Crippen molar-refractivity contribution in [3.8, 4) is 0 Å². The summed E-state index contributed by atoms with van der Waals surface area (Å²) < 4.78 is 40.0. The topological polar surface area (TPSA) is 288 Å². The number of methoxy groups -OCH3 is 1. The van der Waals surface area contributed by atoms with E-state index in [0.29, 0.717) is 51.4 Å². The minimum absolute atomic E-state index is 0.0126. The minimum Gasteiger partial charge on any atom is -0.460 e. The molecule has 0 amide bonds. The molecule has 19 atom stereocenters. The third kappa shape index (κ3) is 10.1. The van der Waals surface area contributed by atoms with E-state index in [0.717, 1.165) is 0 Å². The molecule has 0 aromatic heterocycles. The molecule has 0 bridgehead atoms. The Kier molecular flexibility index (Phi) is 15.0. The highest BCUT2D eigenvalue weighted by Gasteiger charge is 2.56. The SMILES string of the molecule is COC1CC(C=CC(=O)OCC2OC(OC3CC(O)CC4[OH+]C(C5CCC(O)CC5)C(OC5OC(CO)C(O)C(O)C5O)CC34)C(O)C(O)C2O)CCC1O. The van der Waals surface area contributed by atoms with Crippen LogP contribution in [0.3, 0.4) is 0 Å². The molecule has 55 heavy (non-hydrogen) atoms. The van der Waals surface area contributed by atoms with E-state index in [-0.39, 0.29) is 30.8 Å². The number of aliphatic hydroxyl groups is 12. The molecule has 3 aliphatic carbocycles. The fourth-order valence-electron chi connectivity index (χ4n) is 9.30. The third-order valence-corrected chi connectivity index (χ3v) is 12.6. The second-order valence-corrected chi connectivity index (χ2v) is 16.3. The summed E-state index contributed by atoms with van der Waals surface area (Å²) in [5, 5.41) is 105. The molecule has 316 valence electrons. The van der Waals surface area contributed by atoms with E-state index in [4.69, 9.17) is 33.2 Å². The van der Waals surface area contributed by atoms with E-state index in [9.17, 15) is 55.9 Å². The number of aliphatic hydroxyl groups excluding tert-OH is 10. The molecule has 11 N–H and O–H groups in total. The first-order valence-corrected chi connectivity index (χ1v) is 19.7. The summed E-state index contributed by atoms with van der Waals surface area (Å²) in [6.45, 7) is -1.11. The van der Waals surface area contributed by atoms with Crippen molar-refractivity contribution in [2.45, 2.75) is 174 Å². The van der Waals surface area contributed by atoms with Gasteiger partial charge in [0.2, 0.25) is 0 Å². The van der Waals surface area contributed by atoms with Crippen LogP contribution >= 0.6 is 0 Å². The first-order chi connectivity index (χ1) is 26.3. The number of ether oxygens (including phenoxy) is 7. The maximum atomic E-state index is 12.6. The van der Waals surface area contributed by atoms with Gasteiger partial charge in [-0.3, -0.25) is 0 Å². The van der Waals surface area contributed by atoms with Crippen LogP contribution in [0, 0.1) is 17.8 Å². The fourth-order valence-corrected chi connectivity index (χ4v) is 9.30. The van der Waals surface area contributed by atoms with Gasteiger partial charge in [0.1, 0.15) is 61.5 Å². The number of allylic oxidation sites excluding steroid dienone is 1. The lowest BCUT2D eigenvalue weighted by molar-refractivity contribution is -0.366. The predicted molar refractivity (Wildman–Crippen MR) is 186 cm³/mol. The Bertz CT molecular complexity index is 1250. The van der Waals surface area contributed by atoms with Crippen LogP contribution in [-0.4, -0.2) is 192 Å². The van der Waals surface area contributed by atoms with Crippen molar-refractivity contribution in [3.05, 3.63) is 12.2 Å². The maximum Gasteiger partial charge on any atom is 0.330 e. The van der Waals surface area contributed by atoms with E-state index in [2.05, 4.69) is 0 Å². The molecule has 18 heteroatoms. The normalized spacial score (nSPS) is 49.7. The van der Waals surface area contributed by atoms with Crippen molar-refractivity contribution in [3.63, 3.8) is 0 Å². The lowest BCUT2D eigenvalue weighted by Crippen LogP contribution is -2.64. The molecule has 0 aromatic carbocycles. The van der Waals surface area contributed by atoms with E-state index < -0.39 is 129 Å². The Morgan fingerprint density at radius 2 is 1.33 bits per heavy atom. The maximum absolute atomic E-state index is 12.6. The fraction of sp³-hybridized carbons (Fsp3) is 0.919. The van der Waals surface area contributed by atoms with Gasteiger partial charge < -0.3 is 84.2 Å². The van der Waals surface area contributed by atoms with Crippen LogP contribution in [0.25, 0.3) is 0 Å². The zero-order chi connectivity index (χ0) is 39.6. The summed E-state index contributed by atoms with van der Waals surface area (Å²) in [7, 11) is 1.52. The van der Waals surface area contributed by atoms with Crippen LogP contribution in [0.4, 0.5) is 0 Å². The average molecular weight is 794 g/mol. The molecule has 18 nitrogen and oxygen atoms in total. The Hall–Kier alpha value is -1.43. The van der Waals surface area contributed by atoms with Crippen LogP contribution in [0.5, 0.6) is 0 Å². The Labute approximate surface area is 319 Å². The van der Waals surface area contributed by atoms with Gasteiger partial charge in [0, 0.05) is 31.9 Å². The van der Waals surface area contributed by atoms with Gasteiger partial charge in [-0.2, -0.15) is 0 Å². The van der Waals surface area contributed by atoms with Crippen molar-refractivity contribution < 1.29 is 89.0 Å². The average Bonchev–Trinajstić information content (AvgIpc) is 3.17. The quantitative estimate of drug-likeness (QED) is 0.0555. The number of carbonyl (C=O) groups is 1. The summed E-state index contributed by atoms with van der Waals surface area (Å²) in [5.74, 6) is -1.19. The number of rotatable bonds is 11. The Balaban J connectivity index is 1.13. The van der Waals surface area contributed by atoms with E-state index in [1.165, 1.54) is 13.2 Å². The monoisotopic (exact) mass is 793 g/mol. The predicted octanol–water partition coefficient (Wildman–Crippen LogP) is -3.37. The summed E-state index contributed by atoms with van der Waals surface area (Å²) in [4.78, 5) is 12.6. The van der Waals surface area contributed by atoms with E-state index in [1.54, 1.807) is 6.08 Å². The molecular weight excluding hydrogens is 732 g/mol. The Morgan fingerprint density at radius 1 is 0.691 bits per heavy atom. The minimum atomic E-state index is -1.73. The molecule has 6 aliphatic rings. The summed E-state index contributed by atoms with van der Waals surface area (Å²) in [6, 6.07) is 0. The van der Waals surface area contributed by atoms with Gasteiger partial charge in [-0.15, -0.1) is 0 Å². The van der Waals surface area contributed by atoms with Crippen molar-refractivity contribution in [1.82, 2.24) is 0 Å². The van der Waals surface area contributed by atoms with Crippen molar-refractivity contribution >= 4 is 5.97 Å². The molecule has 6 fully saturated rings. The summed E-state index contributed by atoms with van der Waals surface area (Å²) in [6.07, 6.45) is -12.2. The van der Waals surface area contributed by atoms with Crippen LogP contribution in [0.15, 0.2) is 12.2 Å². The largest absolute Gasteiger partial charge is 0.460 e. The molecular formula is C37H61O18+. The van der Waals surface area contributed by atoms with Crippen LogP contribution in [0.2, 0.25) is 0 Å².